The molecule has 25 heavy (non-hydrogen) atoms. The molecule has 5 heteroatoms. The predicted octanol–water partition coefficient (Wildman–Crippen LogP) is 3.08. The first-order chi connectivity index (χ1) is 12.1. The minimum absolute atomic E-state index is 0.0118. The smallest absolute Gasteiger partial charge is 0.305 e. The molecule has 132 valence electrons. The van der Waals surface area contributed by atoms with Gasteiger partial charge in [0.15, 0.2) is 0 Å². The van der Waals surface area contributed by atoms with Crippen LogP contribution in [0.2, 0.25) is 0 Å². The van der Waals surface area contributed by atoms with Crippen LogP contribution in [0, 0.1) is 11.3 Å². The molecule has 5 nitrogen and oxygen atoms in total. The molecule has 1 heterocycles. The highest BCUT2D eigenvalue weighted by molar-refractivity contribution is 6.00. The number of para-hydroxylation sites is 1. The van der Waals surface area contributed by atoms with E-state index in [9.17, 15) is 9.59 Å². The van der Waals surface area contributed by atoms with Crippen molar-refractivity contribution in [3.8, 4) is 0 Å². The molecule has 3 rings (SSSR count). The molecule has 1 spiro atoms. The number of rotatable bonds is 4. The average molecular weight is 341 g/mol. The zero-order valence-electron chi connectivity index (χ0n) is 14.6. The number of nitrogens with zero attached hydrogens (tertiary/aromatic N) is 1. The molecule has 1 amide bonds. The van der Waals surface area contributed by atoms with Gasteiger partial charge in [-0.05, 0) is 43.0 Å². The number of carbonyl (C=O) groups is 2. The lowest BCUT2D eigenvalue weighted by atomic mass is 9.65. The van der Waals surface area contributed by atoms with Crippen LogP contribution in [0.4, 0.5) is 5.69 Å². The van der Waals surface area contributed by atoms with Gasteiger partial charge in [0.25, 0.3) is 0 Å². The molecule has 2 aliphatic rings. The van der Waals surface area contributed by atoms with Crippen LogP contribution in [0.15, 0.2) is 54.3 Å². The normalized spacial score (nSPS) is 25.7. The molecule has 1 aromatic carbocycles. The van der Waals surface area contributed by atoms with E-state index in [0.717, 1.165) is 12.1 Å². The summed E-state index contributed by atoms with van der Waals surface area (Å²) >= 11 is 0. The molecule has 1 fully saturated rings. The van der Waals surface area contributed by atoms with Gasteiger partial charge in [-0.2, -0.15) is 0 Å². The fourth-order valence-electron chi connectivity index (χ4n) is 3.78. The van der Waals surface area contributed by atoms with E-state index < -0.39 is 5.41 Å². The summed E-state index contributed by atoms with van der Waals surface area (Å²) in [6, 6.07) is 9.65. The summed E-state index contributed by atoms with van der Waals surface area (Å²) in [6.07, 6.45) is 7.23. The second-order valence-electron chi connectivity index (χ2n) is 6.46. The Bertz CT molecular complexity index is 710. The SMILES string of the molecule is COC(=O)C[C@@H]1CCN(c2ccccc2)C(=O)[C@]12C=C(OC)C=CC2. The molecule has 1 aliphatic heterocycles. The number of methoxy groups -OCH3 is 2. The lowest BCUT2D eigenvalue weighted by molar-refractivity contribution is -0.144. The fourth-order valence-corrected chi connectivity index (χ4v) is 3.78. The highest BCUT2D eigenvalue weighted by atomic mass is 16.5. The number of hydrogen-bond acceptors (Lipinski definition) is 4. The summed E-state index contributed by atoms with van der Waals surface area (Å²) in [5, 5.41) is 0. The van der Waals surface area contributed by atoms with Crippen LogP contribution in [-0.2, 0) is 19.1 Å². The van der Waals surface area contributed by atoms with E-state index in [1.54, 1.807) is 7.11 Å². The maximum atomic E-state index is 13.5. The van der Waals surface area contributed by atoms with Crippen molar-refractivity contribution in [3.05, 3.63) is 54.3 Å². The summed E-state index contributed by atoms with van der Waals surface area (Å²) in [6.45, 7) is 0.589. The van der Waals surface area contributed by atoms with Gasteiger partial charge in [-0.15, -0.1) is 0 Å². The molecule has 0 radical (unpaired) electrons. The lowest BCUT2D eigenvalue weighted by Gasteiger charge is -2.46. The van der Waals surface area contributed by atoms with Gasteiger partial charge < -0.3 is 14.4 Å². The van der Waals surface area contributed by atoms with E-state index in [1.165, 1.54) is 7.11 Å². The number of amides is 1. The van der Waals surface area contributed by atoms with Gasteiger partial charge in [0.1, 0.15) is 5.76 Å². The van der Waals surface area contributed by atoms with Gasteiger partial charge in [0.2, 0.25) is 5.91 Å². The van der Waals surface area contributed by atoms with E-state index in [-0.39, 0.29) is 24.2 Å². The number of piperidine rings is 1. The van der Waals surface area contributed by atoms with Crippen LogP contribution >= 0.6 is 0 Å². The molecular formula is C20H23NO4. The van der Waals surface area contributed by atoms with E-state index in [0.29, 0.717) is 18.7 Å². The van der Waals surface area contributed by atoms with Gasteiger partial charge in [-0.3, -0.25) is 9.59 Å². The third kappa shape index (κ3) is 3.18. The van der Waals surface area contributed by atoms with Crippen molar-refractivity contribution < 1.29 is 19.1 Å². The number of allylic oxidation sites excluding steroid dienone is 2. The zero-order chi connectivity index (χ0) is 17.9. The van der Waals surface area contributed by atoms with E-state index >= 15 is 0 Å². The highest BCUT2D eigenvalue weighted by Crippen LogP contribution is 2.47. The standard InChI is InChI=1S/C20H23NO4/c1-24-17-9-6-11-20(14-17)15(13-18(22)25-2)10-12-21(19(20)23)16-7-4-3-5-8-16/h3-9,14-15H,10-13H2,1-2H3/t15-,20+/m0/s1. The zero-order valence-corrected chi connectivity index (χ0v) is 14.6. The maximum absolute atomic E-state index is 13.5. The van der Waals surface area contributed by atoms with Crippen molar-refractivity contribution in [3.63, 3.8) is 0 Å². The highest BCUT2D eigenvalue weighted by Gasteiger charge is 2.50. The van der Waals surface area contributed by atoms with Crippen LogP contribution in [-0.4, -0.2) is 32.6 Å². The lowest BCUT2D eigenvalue weighted by Crippen LogP contribution is -2.54. The van der Waals surface area contributed by atoms with Crippen LogP contribution in [0.1, 0.15) is 19.3 Å². The van der Waals surface area contributed by atoms with E-state index in [2.05, 4.69) is 0 Å². The van der Waals surface area contributed by atoms with Gasteiger partial charge in [0, 0.05) is 18.7 Å². The van der Waals surface area contributed by atoms with Crippen molar-refractivity contribution in [2.24, 2.45) is 11.3 Å². The number of carbonyl (C=O) groups excluding carboxylic acids is 2. The Morgan fingerprint density at radius 1 is 1.28 bits per heavy atom. The van der Waals surface area contributed by atoms with Gasteiger partial charge in [-0.1, -0.05) is 24.3 Å². The maximum Gasteiger partial charge on any atom is 0.305 e. The van der Waals surface area contributed by atoms with Gasteiger partial charge in [-0.25, -0.2) is 0 Å². The number of benzene rings is 1. The molecule has 0 unspecified atom stereocenters. The summed E-state index contributed by atoms with van der Waals surface area (Å²) in [4.78, 5) is 27.2. The molecule has 0 bridgehead atoms. The first kappa shape index (κ1) is 17.3. The molecule has 0 saturated carbocycles. The Hall–Kier alpha value is -2.56. The van der Waals surface area contributed by atoms with Crippen molar-refractivity contribution in [2.75, 3.05) is 25.7 Å². The summed E-state index contributed by atoms with van der Waals surface area (Å²) < 4.78 is 10.2. The monoisotopic (exact) mass is 341 g/mol. The summed E-state index contributed by atoms with van der Waals surface area (Å²) in [7, 11) is 2.97. The third-order valence-electron chi connectivity index (χ3n) is 5.15. The number of hydrogen-bond donors (Lipinski definition) is 0. The Labute approximate surface area is 147 Å². The van der Waals surface area contributed by atoms with E-state index in [1.807, 2.05) is 53.5 Å². The summed E-state index contributed by atoms with van der Waals surface area (Å²) in [5.74, 6) is 0.275. The van der Waals surface area contributed by atoms with Crippen molar-refractivity contribution in [1.29, 1.82) is 0 Å². The van der Waals surface area contributed by atoms with Crippen LogP contribution in [0.25, 0.3) is 0 Å². The Balaban J connectivity index is 1.99. The van der Waals surface area contributed by atoms with Gasteiger partial charge in [0.05, 0.1) is 19.6 Å². The molecule has 1 saturated heterocycles. The molecule has 1 aliphatic carbocycles. The minimum Gasteiger partial charge on any atom is -0.497 e. The predicted molar refractivity (Wildman–Crippen MR) is 94.8 cm³/mol. The van der Waals surface area contributed by atoms with Crippen LogP contribution in [0.3, 0.4) is 0 Å². The second kappa shape index (κ2) is 7.13. The van der Waals surface area contributed by atoms with E-state index in [4.69, 9.17) is 9.47 Å². The third-order valence-corrected chi connectivity index (χ3v) is 5.15. The largest absolute Gasteiger partial charge is 0.497 e. The Morgan fingerprint density at radius 2 is 2.04 bits per heavy atom. The van der Waals surface area contributed by atoms with Crippen molar-refractivity contribution in [2.45, 2.75) is 19.3 Å². The quantitative estimate of drug-likeness (QED) is 0.790. The number of esters is 1. The van der Waals surface area contributed by atoms with Crippen molar-refractivity contribution in [1.82, 2.24) is 0 Å². The minimum atomic E-state index is -0.775. The van der Waals surface area contributed by atoms with Crippen LogP contribution < -0.4 is 4.90 Å². The molecular weight excluding hydrogens is 318 g/mol. The van der Waals surface area contributed by atoms with Crippen LogP contribution in [0.5, 0.6) is 0 Å². The summed E-state index contributed by atoms with van der Waals surface area (Å²) in [5.41, 5.74) is 0.104. The number of ether oxygens (including phenoxy) is 2. The van der Waals surface area contributed by atoms with Crippen molar-refractivity contribution >= 4 is 17.6 Å². The molecule has 2 atom stereocenters. The molecule has 0 N–H and O–H groups in total. The first-order valence-electron chi connectivity index (χ1n) is 8.48. The first-order valence-corrected chi connectivity index (χ1v) is 8.48. The van der Waals surface area contributed by atoms with Gasteiger partial charge >= 0.3 is 5.97 Å². The second-order valence-corrected chi connectivity index (χ2v) is 6.46. The Morgan fingerprint density at radius 3 is 2.72 bits per heavy atom. The fraction of sp³-hybridized carbons (Fsp3) is 0.400. The molecule has 0 aromatic heterocycles. The molecule has 1 aromatic rings. The Kier molecular flexibility index (Phi) is 4.93. The number of anilines is 1. The average Bonchev–Trinajstić information content (AvgIpc) is 2.66. The topological polar surface area (TPSA) is 55.8 Å².